The number of hydrogen-bond acceptors (Lipinski definition) is 5. The molecule has 0 aromatic carbocycles. The van der Waals surface area contributed by atoms with E-state index in [0.29, 0.717) is 50.3 Å². The second-order valence-electron chi connectivity index (χ2n) is 6.33. The van der Waals surface area contributed by atoms with Crippen molar-refractivity contribution in [2.75, 3.05) is 31.2 Å². The number of hydrogen-bond donors (Lipinski definition) is 2. The monoisotopic (exact) mass is 333 g/mol. The number of nitrogens with one attached hydrogen (secondary N) is 1. The lowest BCUT2D eigenvalue weighted by Gasteiger charge is -2.30. The maximum atomic E-state index is 12.7. The van der Waals surface area contributed by atoms with Crippen LogP contribution < -0.4 is 10.2 Å². The van der Waals surface area contributed by atoms with Gasteiger partial charge in [-0.25, -0.2) is 4.98 Å². The SMILES string of the molecule is O=C(NC1CCC(C(=O)O)CC1)c1cccnc1N1CCOCC1. The van der Waals surface area contributed by atoms with Crippen molar-refractivity contribution in [3.8, 4) is 0 Å². The van der Waals surface area contributed by atoms with Crippen molar-refractivity contribution in [3.05, 3.63) is 23.9 Å². The van der Waals surface area contributed by atoms with Crippen LogP contribution in [0.25, 0.3) is 0 Å². The Balaban J connectivity index is 1.64. The van der Waals surface area contributed by atoms with Gasteiger partial charge in [0.15, 0.2) is 0 Å². The number of aromatic nitrogens is 1. The molecule has 7 heteroatoms. The number of anilines is 1. The first-order chi connectivity index (χ1) is 11.6. The first-order valence-electron chi connectivity index (χ1n) is 8.46. The van der Waals surface area contributed by atoms with Crippen molar-refractivity contribution < 1.29 is 19.4 Å². The second kappa shape index (κ2) is 7.61. The van der Waals surface area contributed by atoms with Gasteiger partial charge in [0.05, 0.1) is 24.7 Å². The molecule has 1 aromatic rings. The zero-order valence-electron chi connectivity index (χ0n) is 13.6. The highest BCUT2D eigenvalue weighted by molar-refractivity contribution is 5.99. The molecule has 1 saturated heterocycles. The summed E-state index contributed by atoms with van der Waals surface area (Å²) in [4.78, 5) is 30.1. The molecule has 1 amide bonds. The minimum absolute atomic E-state index is 0.0332. The molecule has 0 spiro atoms. The van der Waals surface area contributed by atoms with Crippen LogP contribution in [0.1, 0.15) is 36.0 Å². The molecule has 2 N–H and O–H groups in total. The summed E-state index contributed by atoms with van der Waals surface area (Å²) in [6, 6.07) is 3.58. The predicted octanol–water partition coefficient (Wildman–Crippen LogP) is 1.29. The summed E-state index contributed by atoms with van der Waals surface area (Å²) in [6.45, 7) is 2.72. The van der Waals surface area contributed by atoms with E-state index in [-0.39, 0.29) is 17.9 Å². The van der Waals surface area contributed by atoms with Crippen LogP contribution in [0, 0.1) is 5.92 Å². The van der Waals surface area contributed by atoms with E-state index >= 15 is 0 Å². The summed E-state index contributed by atoms with van der Waals surface area (Å²) in [5.74, 6) is -0.456. The fourth-order valence-electron chi connectivity index (χ4n) is 3.35. The molecule has 1 aliphatic heterocycles. The third-order valence-corrected chi connectivity index (χ3v) is 4.75. The Hall–Kier alpha value is -2.15. The number of ether oxygens (including phenoxy) is 1. The van der Waals surface area contributed by atoms with Crippen LogP contribution in [0.3, 0.4) is 0 Å². The number of morpholine rings is 1. The maximum Gasteiger partial charge on any atom is 0.306 e. The molecular weight excluding hydrogens is 310 g/mol. The van der Waals surface area contributed by atoms with Gasteiger partial charge in [-0.15, -0.1) is 0 Å². The average Bonchev–Trinajstić information content (AvgIpc) is 2.63. The molecule has 1 aliphatic carbocycles. The van der Waals surface area contributed by atoms with Gasteiger partial charge in [0.25, 0.3) is 5.91 Å². The molecule has 1 saturated carbocycles. The standard InChI is InChI=1S/C17H23N3O4/c21-16(19-13-5-3-12(4-6-13)17(22)23)14-2-1-7-18-15(14)20-8-10-24-11-9-20/h1-2,7,12-13H,3-6,8-11H2,(H,19,21)(H,22,23). The van der Waals surface area contributed by atoms with Gasteiger partial charge in [-0.05, 0) is 37.8 Å². The molecular formula is C17H23N3O4. The number of aliphatic carboxylic acids is 1. The Morgan fingerprint density at radius 1 is 1.21 bits per heavy atom. The molecule has 2 aliphatic rings. The minimum Gasteiger partial charge on any atom is -0.481 e. The number of pyridine rings is 1. The van der Waals surface area contributed by atoms with E-state index in [9.17, 15) is 9.59 Å². The van der Waals surface area contributed by atoms with Gasteiger partial charge in [-0.3, -0.25) is 9.59 Å². The van der Waals surface area contributed by atoms with Crippen molar-refractivity contribution in [1.82, 2.24) is 10.3 Å². The number of amides is 1. The zero-order chi connectivity index (χ0) is 16.9. The van der Waals surface area contributed by atoms with E-state index in [1.165, 1.54) is 0 Å². The number of rotatable bonds is 4. The molecule has 3 rings (SSSR count). The van der Waals surface area contributed by atoms with Crippen LogP contribution >= 0.6 is 0 Å². The Morgan fingerprint density at radius 2 is 1.92 bits per heavy atom. The van der Waals surface area contributed by atoms with Crippen LogP contribution in [-0.2, 0) is 9.53 Å². The number of carboxylic acid groups (broad SMARTS) is 1. The average molecular weight is 333 g/mol. The van der Waals surface area contributed by atoms with Crippen LogP contribution in [0.15, 0.2) is 18.3 Å². The topological polar surface area (TPSA) is 91.8 Å². The summed E-state index contributed by atoms with van der Waals surface area (Å²) in [5, 5.41) is 12.1. The lowest BCUT2D eigenvalue weighted by atomic mass is 9.86. The number of carboxylic acids is 1. The quantitative estimate of drug-likeness (QED) is 0.863. The molecule has 0 unspecified atom stereocenters. The van der Waals surface area contributed by atoms with E-state index < -0.39 is 5.97 Å². The van der Waals surface area contributed by atoms with Gasteiger partial charge < -0.3 is 20.1 Å². The van der Waals surface area contributed by atoms with Crippen LogP contribution in [0.4, 0.5) is 5.82 Å². The summed E-state index contributed by atoms with van der Waals surface area (Å²) >= 11 is 0. The van der Waals surface area contributed by atoms with Crippen LogP contribution in [-0.4, -0.2) is 54.3 Å². The van der Waals surface area contributed by atoms with Gasteiger partial charge in [0.1, 0.15) is 5.82 Å². The van der Waals surface area contributed by atoms with E-state index in [4.69, 9.17) is 9.84 Å². The van der Waals surface area contributed by atoms with E-state index in [1.807, 2.05) is 0 Å². The lowest BCUT2D eigenvalue weighted by molar-refractivity contribution is -0.142. The van der Waals surface area contributed by atoms with Gasteiger partial charge in [0, 0.05) is 25.3 Å². The van der Waals surface area contributed by atoms with Crippen molar-refractivity contribution in [1.29, 1.82) is 0 Å². The fraction of sp³-hybridized carbons (Fsp3) is 0.588. The first kappa shape index (κ1) is 16.7. The molecule has 0 bridgehead atoms. The molecule has 2 fully saturated rings. The van der Waals surface area contributed by atoms with Gasteiger partial charge in [-0.1, -0.05) is 0 Å². The Labute approximate surface area is 141 Å². The van der Waals surface area contributed by atoms with Crippen LogP contribution in [0.2, 0.25) is 0 Å². The molecule has 24 heavy (non-hydrogen) atoms. The zero-order valence-corrected chi connectivity index (χ0v) is 13.6. The number of nitrogens with zero attached hydrogens (tertiary/aromatic N) is 2. The number of carbonyl (C=O) groups is 2. The Kier molecular flexibility index (Phi) is 5.30. The van der Waals surface area contributed by atoms with E-state index in [2.05, 4.69) is 15.2 Å². The van der Waals surface area contributed by atoms with Crippen LogP contribution in [0.5, 0.6) is 0 Å². The maximum absolute atomic E-state index is 12.7. The summed E-state index contributed by atoms with van der Waals surface area (Å²) in [5.41, 5.74) is 0.569. The molecule has 130 valence electrons. The van der Waals surface area contributed by atoms with E-state index in [0.717, 1.165) is 13.1 Å². The predicted molar refractivity (Wildman–Crippen MR) is 88.1 cm³/mol. The fourth-order valence-corrected chi connectivity index (χ4v) is 3.35. The van der Waals surface area contributed by atoms with Gasteiger partial charge in [0.2, 0.25) is 0 Å². The normalized spacial score (nSPS) is 24.4. The van der Waals surface area contributed by atoms with Crippen molar-refractivity contribution in [2.24, 2.45) is 5.92 Å². The smallest absolute Gasteiger partial charge is 0.306 e. The van der Waals surface area contributed by atoms with E-state index in [1.54, 1.807) is 18.3 Å². The lowest BCUT2D eigenvalue weighted by Crippen LogP contribution is -2.41. The Morgan fingerprint density at radius 3 is 2.58 bits per heavy atom. The summed E-state index contributed by atoms with van der Waals surface area (Å²) in [6.07, 6.45) is 4.33. The molecule has 2 heterocycles. The Bertz CT molecular complexity index is 593. The highest BCUT2D eigenvalue weighted by Crippen LogP contribution is 2.25. The number of carbonyl (C=O) groups excluding carboxylic acids is 1. The molecule has 0 atom stereocenters. The first-order valence-corrected chi connectivity index (χ1v) is 8.46. The van der Waals surface area contributed by atoms with Crippen molar-refractivity contribution in [2.45, 2.75) is 31.7 Å². The van der Waals surface area contributed by atoms with Gasteiger partial charge in [-0.2, -0.15) is 0 Å². The third kappa shape index (κ3) is 3.84. The van der Waals surface area contributed by atoms with Crippen molar-refractivity contribution in [3.63, 3.8) is 0 Å². The third-order valence-electron chi connectivity index (χ3n) is 4.75. The largest absolute Gasteiger partial charge is 0.481 e. The second-order valence-corrected chi connectivity index (χ2v) is 6.33. The van der Waals surface area contributed by atoms with Crippen molar-refractivity contribution >= 4 is 17.7 Å². The highest BCUT2D eigenvalue weighted by Gasteiger charge is 2.28. The molecule has 1 aromatic heterocycles. The van der Waals surface area contributed by atoms with Gasteiger partial charge >= 0.3 is 5.97 Å². The minimum atomic E-state index is -0.735. The summed E-state index contributed by atoms with van der Waals surface area (Å²) in [7, 11) is 0. The summed E-state index contributed by atoms with van der Waals surface area (Å²) < 4.78 is 5.35. The molecule has 7 nitrogen and oxygen atoms in total. The highest BCUT2D eigenvalue weighted by atomic mass is 16.5. The molecule has 0 radical (unpaired) electrons.